The number of rotatable bonds is 55. The van der Waals surface area contributed by atoms with Crippen molar-refractivity contribution in [3.63, 3.8) is 0 Å². The number of carbonyl (C=O) groups is 2. The van der Waals surface area contributed by atoms with E-state index in [1.165, 1.54) is 135 Å². The van der Waals surface area contributed by atoms with Gasteiger partial charge >= 0.3 is 11.9 Å². The second kappa shape index (κ2) is 63.3. The summed E-state index contributed by atoms with van der Waals surface area (Å²) in [5, 5.41) is 9.66. The van der Waals surface area contributed by atoms with E-state index in [9.17, 15) is 14.7 Å². The molecule has 0 aliphatic carbocycles. The van der Waals surface area contributed by atoms with E-state index in [2.05, 4.69) is 148 Å². The molecule has 0 saturated heterocycles. The minimum Gasteiger partial charge on any atom is -0.462 e. The van der Waals surface area contributed by atoms with Gasteiger partial charge in [0.2, 0.25) is 0 Å². The number of unbranched alkanes of at least 4 members (excludes halogenated alkanes) is 25. The second-order valence-electron chi connectivity index (χ2n) is 20.0. The molecule has 0 aromatic heterocycles. The van der Waals surface area contributed by atoms with Crippen LogP contribution in [0.1, 0.15) is 271 Å². The fraction of sp³-hybridized carbons (Fsp3) is 0.652. The summed E-state index contributed by atoms with van der Waals surface area (Å²) < 4.78 is 10.7. The molecule has 1 N–H and O–H groups in total. The molecular weight excluding hydrogens is 909 g/mol. The van der Waals surface area contributed by atoms with Gasteiger partial charge in [0.05, 0.1) is 6.61 Å². The smallest absolute Gasteiger partial charge is 0.306 e. The standard InChI is InChI=1S/C69H114O5/c1-3-5-7-9-11-13-15-17-19-21-23-24-25-26-27-28-29-30-31-32-33-34-35-36-37-38-39-40-41-42-43-44-46-48-50-52-54-56-58-60-62-64-69(72)74-67(65-70)66-73-68(71)63-61-59-57-55-53-51-49-47-45-22-20-18-16-14-12-10-8-6-4-2/h5,7,11-14,17-20,23-24,26-27,29-30,32-33,35-36,45,47,67,70H,3-4,6,8-10,15-16,21-22,25,28,31,34,37-44,46,48-66H2,1-2H3/b7-5-,13-11-,14-12-,19-17-,20-18-,24-23-,27-26-,30-29-,33-32-,36-35-,47-45-. The summed E-state index contributed by atoms with van der Waals surface area (Å²) in [5.74, 6) is -0.605. The van der Waals surface area contributed by atoms with E-state index < -0.39 is 6.10 Å². The van der Waals surface area contributed by atoms with Gasteiger partial charge in [-0.25, -0.2) is 0 Å². The topological polar surface area (TPSA) is 72.8 Å². The predicted octanol–water partition coefficient (Wildman–Crippen LogP) is 21.2. The highest BCUT2D eigenvalue weighted by Crippen LogP contribution is 2.16. The Kier molecular flexibility index (Phi) is 59.9. The minimum atomic E-state index is -0.785. The molecule has 0 aliphatic rings. The molecule has 0 aliphatic heterocycles. The van der Waals surface area contributed by atoms with Crippen LogP contribution in [-0.4, -0.2) is 36.4 Å². The number of esters is 2. The van der Waals surface area contributed by atoms with Crippen LogP contribution in [0, 0.1) is 0 Å². The van der Waals surface area contributed by atoms with Gasteiger partial charge in [0.15, 0.2) is 6.10 Å². The van der Waals surface area contributed by atoms with Gasteiger partial charge in [-0.3, -0.25) is 9.59 Å². The minimum absolute atomic E-state index is 0.0770. The normalized spacial score (nSPS) is 13.2. The number of hydrogen-bond acceptors (Lipinski definition) is 5. The number of hydrogen-bond donors (Lipinski definition) is 1. The fourth-order valence-electron chi connectivity index (χ4n) is 8.34. The van der Waals surface area contributed by atoms with Crippen LogP contribution < -0.4 is 0 Å². The van der Waals surface area contributed by atoms with Crippen molar-refractivity contribution < 1.29 is 24.2 Å². The molecule has 5 nitrogen and oxygen atoms in total. The molecule has 1 unspecified atom stereocenters. The van der Waals surface area contributed by atoms with Crippen LogP contribution in [0.2, 0.25) is 0 Å². The van der Waals surface area contributed by atoms with E-state index in [1.54, 1.807) is 0 Å². The van der Waals surface area contributed by atoms with E-state index in [1.807, 2.05) is 0 Å². The van der Waals surface area contributed by atoms with Crippen molar-refractivity contribution >= 4 is 11.9 Å². The van der Waals surface area contributed by atoms with Crippen LogP contribution in [0.4, 0.5) is 0 Å². The number of aliphatic hydroxyl groups excluding tert-OH is 1. The maximum atomic E-state index is 12.3. The maximum absolute atomic E-state index is 12.3. The van der Waals surface area contributed by atoms with Gasteiger partial charge in [-0.15, -0.1) is 0 Å². The first kappa shape index (κ1) is 70.0. The summed E-state index contributed by atoms with van der Waals surface area (Å²) in [5.41, 5.74) is 0. The lowest BCUT2D eigenvalue weighted by Crippen LogP contribution is -2.28. The third kappa shape index (κ3) is 60.6. The Labute approximate surface area is 457 Å². The Bertz CT molecular complexity index is 1530. The average Bonchev–Trinajstić information content (AvgIpc) is 3.40. The van der Waals surface area contributed by atoms with Gasteiger partial charge in [0.25, 0.3) is 0 Å². The lowest BCUT2D eigenvalue weighted by atomic mass is 10.0. The van der Waals surface area contributed by atoms with Crippen LogP contribution in [0.3, 0.4) is 0 Å². The van der Waals surface area contributed by atoms with Crippen LogP contribution in [0.25, 0.3) is 0 Å². The molecule has 0 bridgehead atoms. The highest BCUT2D eigenvalue weighted by atomic mass is 16.6. The lowest BCUT2D eigenvalue weighted by Gasteiger charge is -2.15. The molecule has 0 amide bonds. The predicted molar refractivity (Wildman–Crippen MR) is 324 cm³/mol. The summed E-state index contributed by atoms with van der Waals surface area (Å²) >= 11 is 0. The number of ether oxygens (including phenoxy) is 2. The molecule has 0 rings (SSSR count). The molecule has 0 spiro atoms. The van der Waals surface area contributed by atoms with Gasteiger partial charge in [-0.05, 0) is 116 Å². The van der Waals surface area contributed by atoms with E-state index in [4.69, 9.17) is 9.47 Å². The molecule has 0 aromatic rings. The molecular formula is C69H114O5. The van der Waals surface area contributed by atoms with Gasteiger partial charge < -0.3 is 14.6 Å². The molecule has 0 heterocycles. The van der Waals surface area contributed by atoms with Crippen molar-refractivity contribution in [2.75, 3.05) is 13.2 Å². The Morgan fingerprint density at radius 2 is 0.581 bits per heavy atom. The molecule has 0 fully saturated rings. The first-order valence-electron chi connectivity index (χ1n) is 30.7. The average molecular weight is 1020 g/mol. The SMILES string of the molecule is CC/C=C\C/C=C\C/C=C\C/C=C\C/C=C\C/C=C\C/C=C\C/C=C\CCCCCCCCCCCCCCCCCCC(=O)OC(CO)COC(=O)CCCCCCCC/C=C\C/C=C\C/C=C\CCCCC. The summed E-state index contributed by atoms with van der Waals surface area (Å²) in [6.07, 6.45) is 94.4. The second-order valence-corrected chi connectivity index (χ2v) is 20.0. The van der Waals surface area contributed by atoms with Gasteiger partial charge in [-0.1, -0.05) is 276 Å². The summed E-state index contributed by atoms with van der Waals surface area (Å²) in [4.78, 5) is 24.5. The maximum Gasteiger partial charge on any atom is 0.306 e. The summed E-state index contributed by atoms with van der Waals surface area (Å²) in [7, 11) is 0. The number of aliphatic hydroxyl groups is 1. The number of carbonyl (C=O) groups excluding carboxylic acids is 2. The van der Waals surface area contributed by atoms with Crippen LogP contribution in [-0.2, 0) is 19.1 Å². The third-order valence-electron chi connectivity index (χ3n) is 12.9. The molecule has 0 aromatic carbocycles. The van der Waals surface area contributed by atoms with Crippen molar-refractivity contribution in [1.29, 1.82) is 0 Å². The van der Waals surface area contributed by atoms with Crippen molar-refractivity contribution in [2.45, 2.75) is 277 Å². The van der Waals surface area contributed by atoms with E-state index in [-0.39, 0.29) is 25.2 Å². The Balaban J connectivity index is 3.52. The van der Waals surface area contributed by atoms with E-state index in [0.29, 0.717) is 12.8 Å². The Hall–Kier alpha value is -3.96. The zero-order chi connectivity index (χ0) is 53.4. The van der Waals surface area contributed by atoms with Crippen LogP contribution >= 0.6 is 0 Å². The molecule has 0 saturated carbocycles. The molecule has 1 atom stereocenters. The highest BCUT2D eigenvalue weighted by Gasteiger charge is 2.16. The van der Waals surface area contributed by atoms with Gasteiger partial charge in [0, 0.05) is 12.8 Å². The fourth-order valence-corrected chi connectivity index (χ4v) is 8.34. The zero-order valence-electron chi connectivity index (χ0n) is 48.1. The van der Waals surface area contributed by atoms with Crippen molar-refractivity contribution in [3.8, 4) is 0 Å². The van der Waals surface area contributed by atoms with Crippen molar-refractivity contribution in [1.82, 2.24) is 0 Å². The third-order valence-corrected chi connectivity index (χ3v) is 12.9. The Morgan fingerprint density at radius 3 is 0.878 bits per heavy atom. The first-order chi connectivity index (χ1) is 36.6. The van der Waals surface area contributed by atoms with Crippen molar-refractivity contribution in [3.05, 3.63) is 134 Å². The molecule has 420 valence electrons. The van der Waals surface area contributed by atoms with Crippen LogP contribution in [0.5, 0.6) is 0 Å². The van der Waals surface area contributed by atoms with Crippen molar-refractivity contribution in [2.24, 2.45) is 0 Å². The van der Waals surface area contributed by atoms with Gasteiger partial charge in [-0.2, -0.15) is 0 Å². The quantitative estimate of drug-likeness (QED) is 0.0373. The zero-order valence-corrected chi connectivity index (χ0v) is 48.1. The summed E-state index contributed by atoms with van der Waals surface area (Å²) in [6, 6.07) is 0. The van der Waals surface area contributed by atoms with E-state index in [0.717, 1.165) is 109 Å². The highest BCUT2D eigenvalue weighted by molar-refractivity contribution is 5.70. The summed E-state index contributed by atoms with van der Waals surface area (Å²) in [6.45, 7) is 3.99. The lowest BCUT2D eigenvalue weighted by molar-refractivity contribution is -0.161. The molecule has 74 heavy (non-hydrogen) atoms. The number of allylic oxidation sites excluding steroid dienone is 22. The largest absolute Gasteiger partial charge is 0.462 e. The van der Waals surface area contributed by atoms with Crippen LogP contribution in [0.15, 0.2) is 134 Å². The Morgan fingerprint density at radius 1 is 0.324 bits per heavy atom. The van der Waals surface area contributed by atoms with E-state index >= 15 is 0 Å². The molecule has 5 heteroatoms. The monoisotopic (exact) mass is 1020 g/mol. The molecule has 0 radical (unpaired) electrons. The van der Waals surface area contributed by atoms with Gasteiger partial charge in [0.1, 0.15) is 6.61 Å². The first-order valence-corrected chi connectivity index (χ1v) is 30.7.